The molecule has 3 aromatic rings. The first-order valence-corrected chi connectivity index (χ1v) is 10.4. The predicted octanol–water partition coefficient (Wildman–Crippen LogP) is 3.39. The van der Waals surface area contributed by atoms with Crippen molar-refractivity contribution in [3.05, 3.63) is 76.1 Å². The largest absolute Gasteiger partial charge is 0.391 e. The second kappa shape index (κ2) is 8.53. The number of aliphatic hydroxyl groups excluding tert-OH is 1. The van der Waals surface area contributed by atoms with E-state index in [0.29, 0.717) is 40.6 Å². The second-order valence-electron chi connectivity index (χ2n) is 7.69. The summed E-state index contributed by atoms with van der Waals surface area (Å²) < 4.78 is 0. The number of nitrogens with one attached hydrogen (secondary N) is 2. The van der Waals surface area contributed by atoms with Gasteiger partial charge in [0.2, 0.25) is 0 Å². The van der Waals surface area contributed by atoms with E-state index in [1.54, 1.807) is 48.2 Å². The van der Waals surface area contributed by atoms with E-state index in [0.717, 1.165) is 11.1 Å². The van der Waals surface area contributed by atoms with E-state index in [1.165, 1.54) is 0 Å². The highest BCUT2D eigenvalue weighted by Gasteiger charge is 2.25. The predicted molar refractivity (Wildman–Crippen MR) is 119 cm³/mol. The highest BCUT2D eigenvalue weighted by molar-refractivity contribution is 6.31. The summed E-state index contributed by atoms with van der Waals surface area (Å²) in [5, 5.41) is 13.7. The topological polar surface area (TPSA) is 98.3 Å². The Labute approximate surface area is 184 Å². The molecule has 160 valence electrons. The number of nitrogens with zero attached hydrogens (tertiary/aromatic N) is 2. The van der Waals surface area contributed by atoms with Crippen LogP contribution < -0.4 is 5.32 Å². The van der Waals surface area contributed by atoms with Crippen molar-refractivity contribution in [3.63, 3.8) is 0 Å². The molecule has 7 nitrogen and oxygen atoms in total. The maximum atomic E-state index is 12.9. The van der Waals surface area contributed by atoms with Crippen LogP contribution in [0, 0.1) is 6.92 Å². The van der Waals surface area contributed by atoms with Crippen LogP contribution in [0.3, 0.4) is 0 Å². The summed E-state index contributed by atoms with van der Waals surface area (Å²) in [6.07, 6.45) is 3.03. The fraction of sp³-hybridized carbons (Fsp3) is 0.261. The molecule has 8 heteroatoms. The monoisotopic (exact) mass is 438 g/mol. The summed E-state index contributed by atoms with van der Waals surface area (Å²) in [4.78, 5) is 34.9. The van der Waals surface area contributed by atoms with Crippen molar-refractivity contribution < 1.29 is 14.7 Å². The molecule has 0 radical (unpaired) electrons. The number of amides is 2. The zero-order valence-electron chi connectivity index (χ0n) is 17.2. The van der Waals surface area contributed by atoms with Gasteiger partial charge in [-0.05, 0) is 55.8 Å². The van der Waals surface area contributed by atoms with Crippen molar-refractivity contribution in [2.45, 2.75) is 26.0 Å². The number of imidazole rings is 1. The van der Waals surface area contributed by atoms with Gasteiger partial charge in [-0.1, -0.05) is 23.8 Å². The highest BCUT2D eigenvalue weighted by Crippen LogP contribution is 2.23. The zero-order chi connectivity index (χ0) is 22.1. The highest BCUT2D eigenvalue weighted by atomic mass is 35.5. The Morgan fingerprint density at radius 1 is 1.19 bits per heavy atom. The van der Waals surface area contributed by atoms with Crippen LogP contribution in [0.5, 0.6) is 0 Å². The number of H-pyrrole nitrogens is 1. The minimum Gasteiger partial charge on any atom is -0.391 e. The lowest BCUT2D eigenvalue weighted by Crippen LogP contribution is -2.36. The zero-order valence-corrected chi connectivity index (χ0v) is 18.0. The van der Waals surface area contributed by atoms with E-state index in [4.69, 9.17) is 11.6 Å². The second-order valence-corrected chi connectivity index (χ2v) is 8.12. The maximum absolute atomic E-state index is 12.9. The molecule has 2 unspecified atom stereocenters. The molecule has 31 heavy (non-hydrogen) atoms. The molecular formula is C23H23ClN4O3. The Hall–Kier alpha value is -3.16. The summed E-state index contributed by atoms with van der Waals surface area (Å²) >= 11 is 6.03. The van der Waals surface area contributed by atoms with Gasteiger partial charge in [-0.3, -0.25) is 9.59 Å². The third-order valence-electron chi connectivity index (χ3n) is 5.35. The van der Waals surface area contributed by atoms with Crippen molar-refractivity contribution in [1.82, 2.24) is 20.2 Å². The van der Waals surface area contributed by atoms with Crippen LogP contribution in [0.2, 0.25) is 5.02 Å². The molecule has 4 rings (SSSR count). The van der Waals surface area contributed by atoms with E-state index < -0.39 is 12.1 Å². The van der Waals surface area contributed by atoms with Crippen LogP contribution in [-0.2, 0) is 0 Å². The van der Waals surface area contributed by atoms with E-state index in [1.807, 2.05) is 19.1 Å². The van der Waals surface area contributed by atoms with Crippen molar-refractivity contribution in [2.75, 3.05) is 13.1 Å². The molecule has 3 N–H and O–H groups in total. The van der Waals surface area contributed by atoms with Crippen molar-refractivity contribution >= 4 is 34.4 Å². The lowest BCUT2D eigenvalue weighted by molar-refractivity contribution is 0.0797. The number of halogens is 1. The molecule has 0 bridgehead atoms. The molecule has 2 atom stereocenters. The van der Waals surface area contributed by atoms with E-state index >= 15 is 0 Å². The van der Waals surface area contributed by atoms with Crippen LogP contribution in [0.15, 0.2) is 48.6 Å². The van der Waals surface area contributed by atoms with E-state index in [2.05, 4.69) is 15.3 Å². The number of carbonyl (C=O) groups excluding carboxylic acids is 2. The fourth-order valence-corrected chi connectivity index (χ4v) is 3.82. The molecule has 1 aliphatic rings. The summed E-state index contributed by atoms with van der Waals surface area (Å²) in [5.74, 6) is 0.0113. The van der Waals surface area contributed by atoms with Gasteiger partial charge in [-0.2, -0.15) is 0 Å². The lowest BCUT2D eigenvalue weighted by atomic mass is 10.0. The third kappa shape index (κ3) is 4.33. The number of aliphatic hydroxyl groups is 1. The van der Waals surface area contributed by atoms with Gasteiger partial charge in [0.1, 0.15) is 11.9 Å². The molecular weight excluding hydrogens is 416 g/mol. The number of benzene rings is 2. The summed E-state index contributed by atoms with van der Waals surface area (Å²) in [6, 6.07) is 9.48. The molecule has 2 heterocycles. The average molecular weight is 439 g/mol. The van der Waals surface area contributed by atoms with Gasteiger partial charge in [-0.25, -0.2) is 4.98 Å². The molecule has 2 amide bonds. The number of hydrogen-bond acceptors (Lipinski definition) is 4. The SMILES string of the molecule is Cc1cc(C(=O)NC(c2nc3ccc(Cl)cc3[nH]2)C(C)O)ccc1C(=O)N1CC=CC1. The van der Waals surface area contributed by atoms with Crippen molar-refractivity contribution in [2.24, 2.45) is 0 Å². The first-order valence-electron chi connectivity index (χ1n) is 10.0. The van der Waals surface area contributed by atoms with Crippen molar-refractivity contribution in [1.29, 1.82) is 0 Å². The number of fused-ring (bicyclic) bond motifs is 1. The van der Waals surface area contributed by atoms with Gasteiger partial charge < -0.3 is 20.3 Å². The van der Waals surface area contributed by atoms with Gasteiger partial charge in [-0.15, -0.1) is 0 Å². The smallest absolute Gasteiger partial charge is 0.254 e. The summed E-state index contributed by atoms with van der Waals surface area (Å²) in [5.41, 5.74) is 3.10. The normalized spacial score (nSPS) is 15.3. The Balaban J connectivity index is 1.54. The van der Waals surface area contributed by atoms with E-state index in [-0.39, 0.29) is 11.8 Å². The Morgan fingerprint density at radius 3 is 2.61 bits per heavy atom. The van der Waals surface area contributed by atoms with Gasteiger partial charge >= 0.3 is 0 Å². The molecule has 2 aromatic carbocycles. The first-order chi connectivity index (χ1) is 14.8. The third-order valence-corrected chi connectivity index (χ3v) is 5.59. The Kier molecular flexibility index (Phi) is 5.80. The van der Waals surface area contributed by atoms with Gasteiger partial charge in [0.05, 0.1) is 17.1 Å². The van der Waals surface area contributed by atoms with Crippen LogP contribution in [0.25, 0.3) is 11.0 Å². The average Bonchev–Trinajstić information content (AvgIpc) is 3.40. The number of rotatable bonds is 5. The molecule has 0 fully saturated rings. The first kappa shape index (κ1) is 21.1. The quantitative estimate of drug-likeness (QED) is 0.532. The molecule has 0 aliphatic carbocycles. The Bertz CT molecular complexity index is 1180. The number of carbonyl (C=O) groups is 2. The van der Waals surface area contributed by atoms with Gasteiger partial charge in [0.15, 0.2) is 0 Å². The Morgan fingerprint density at radius 2 is 1.94 bits per heavy atom. The van der Waals surface area contributed by atoms with Crippen LogP contribution in [0.4, 0.5) is 0 Å². The number of aromatic nitrogens is 2. The lowest BCUT2D eigenvalue weighted by Gasteiger charge is -2.20. The van der Waals surface area contributed by atoms with Crippen LogP contribution in [-0.4, -0.2) is 51.0 Å². The summed E-state index contributed by atoms with van der Waals surface area (Å²) in [7, 11) is 0. The van der Waals surface area contributed by atoms with Crippen LogP contribution >= 0.6 is 11.6 Å². The number of aryl methyl sites for hydroxylation is 1. The summed E-state index contributed by atoms with van der Waals surface area (Å²) in [6.45, 7) is 4.59. The molecule has 1 aromatic heterocycles. The molecule has 0 saturated heterocycles. The van der Waals surface area contributed by atoms with E-state index in [9.17, 15) is 14.7 Å². The maximum Gasteiger partial charge on any atom is 0.254 e. The number of aromatic amines is 1. The van der Waals surface area contributed by atoms with Crippen molar-refractivity contribution in [3.8, 4) is 0 Å². The number of hydrogen-bond donors (Lipinski definition) is 3. The molecule has 1 aliphatic heterocycles. The van der Waals surface area contributed by atoms with Crippen LogP contribution in [0.1, 0.15) is 45.1 Å². The van der Waals surface area contributed by atoms with Gasteiger partial charge in [0.25, 0.3) is 11.8 Å². The minimum absolute atomic E-state index is 0.0581. The standard InChI is InChI=1S/C23H23ClN4O3/c1-13-11-15(5-7-17(13)23(31)28-9-3-4-10-28)22(30)27-20(14(2)29)21-25-18-8-6-16(24)12-19(18)26-21/h3-8,11-12,14,20,29H,9-10H2,1-2H3,(H,25,26)(H,27,30). The minimum atomic E-state index is -0.885. The molecule has 0 spiro atoms. The van der Waals surface area contributed by atoms with Gasteiger partial charge in [0, 0.05) is 29.2 Å². The fourth-order valence-electron chi connectivity index (χ4n) is 3.65. The molecule has 0 saturated carbocycles.